The number of halogens is 2. The standard InChI is InChI=1S/C25H24BF2N3O5/c1-14-19(13-22(25(34)35)30-23(32)10-11-24(30)33)15(2)31(26(27)28)21(14)12-17-6-9-20(29-17)16-4-7-18(36-3)8-5-16/h4-9,12,22H,10-11,13H2,1-3H3,(H,34,35)/p+1. The van der Waals surface area contributed by atoms with Crippen LogP contribution in [0.1, 0.15) is 38.8 Å². The van der Waals surface area contributed by atoms with Crippen LogP contribution in [0, 0.1) is 0 Å². The van der Waals surface area contributed by atoms with Crippen LogP contribution < -0.4 is 4.74 Å². The molecule has 0 bridgehead atoms. The minimum absolute atomic E-state index is 0.0546. The summed E-state index contributed by atoms with van der Waals surface area (Å²) in [6.07, 6.45) is 1.21. The summed E-state index contributed by atoms with van der Waals surface area (Å²) in [5.74, 6) is -1.79. The number of aromatic nitrogens is 1. The van der Waals surface area contributed by atoms with Gasteiger partial charge in [0.05, 0.1) is 7.11 Å². The fourth-order valence-corrected chi connectivity index (χ4v) is 4.67. The van der Waals surface area contributed by atoms with Gasteiger partial charge >= 0.3 is 13.4 Å². The number of nitrogens with zero attached hydrogens (tertiary/aromatic N) is 2. The van der Waals surface area contributed by atoms with E-state index in [4.69, 9.17) is 4.74 Å². The van der Waals surface area contributed by atoms with Crippen LogP contribution in [0.25, 0.3) is 17.3 Å². The maximum absolute atomic E-state index is 14.1. The van der Waals surface area contributed by atoms with Crippen LogP contribution in [-0.4, -0.2) is 63.5 Å². The molecule has 0 radical (unpaired) electrons. The largest absolute Gasteiger partial charge is 0.934 e. The molecule has 1 unspecified atom stereocenters. The molecule has 1 saturated heterocycles. The van der Waals surface area contributed by atoms with Crippen molar-refractivity contribution in [3.63, 3.8) is 0 Å². The van der Waals surface area contributed by atoms with Gasteiger partial charge in [-0.05, 0) is 48.9 Å². The van der Waals surface area contributed by atoms with Crippen molar-refractivity contribution >= 4 is 37.0 Å². The van der Waals surface area contributed by atoms with Gasteiger partial charge in [0.2, 0.25) is 11.8 Å². The number of carbonyl (C=O) groups is 3. The van der Waals surface area contributed by atoms with Gasteiger partial charge in [0.15, 0.2) is 11.4 Å². The molecule has 3 heterocycles. The Hall–Kier alpha value is -4.02. The summed E-state index contributed by atoms with van der Waals surface area (Å²) in [7, 11) is -1.30. The molecule has 0 aliphatic carbocycles. The third-order valence-electron chi connectivity index (χ3n) is 6.58. The minimum atomic E-state index is -2.88. The Morgan fingerprint density at radius 2 is 1.81 bits per heavy atom. The molecular weight excluding hydrogens is 471 g/mol. The number of likely N-dealkylation sites (tertiary alicyclic amines) is 1. The number of ether oxygens (including phenoxy) is 1. The van der Waals surface area contributed by atoms with E-state index in [9.17, 15) is 28.1 Å². The highest BCUT2D eigenvalue weighted by Crippen LogP contribution is 2.33. The molecular formula is C25H25BF2N3O5+. The summed E-state index contributed by atoms with van der Waals surface area (Å²) in [5.41, 5.74) is 3.46. The Labute approximate surface area is 206 Å². The molecule has 1 aromatic heterocycles. The number of allylic oxidation sites excluding steroid dienone is 1. The normalized spacial score (nSPS) is 18.0. The zero-order valence-electron chi connectivity index (χ0n) is 20.0. The van der Waals surface area contributed by atoms with Gasteiger partial charge in [-0.15, -0.1) is 0 Å². The quantitative estimate of drug-likeness (QED) is 0.428. The number of benzene rings is 1. The molecule has 2 aliphatic heterocycles. The number of rotatable bonds is 8. The molecule has 1 fully saturated rings. The van der Waals surface area contributed by atoms with Crippen molar-refractivity contribution < 1.29 is 37.3 Å². The molecule has 2 aliphatic rings. The number of carbonyl (C=O) groups excluding carboxylic acids is 2. The second-order valence-corrected chi connectivity index (χ2v) is 8.64. The zero-order valence-corrected chi connectivity index (χ0v) is 20.0. The van der Waals surface area contributed by atoms with E-state index in [1.807, 2.05) is 30.3 Å². The Bertz CT molecular complexity index is 1310. The van der Waals surface area contributed by atoms with Crippen molar-refractivity contribution in [2.75, 3.05) is 7.11 Å². The van der Waals surface area contributed by atoms with Crippen molar-refractivity contribution in [1.82, 2.24) is 9.88 Å². The molecule has 4 rings (SSSR count). The van der Waals surface area contributed by atoms with Gasteiger partial charge in [-0.25, -0.2) is 17.9 Å². The third-order valence-corrected chi connectivity index (χ3v) is 6.58. The topological polar surface area (TPSA) is 103 Å². The number of hydrogen-bond donors (Lipinski definition) is 2. The van der Waals surface area contributed by atoms with Crippen molar-refractivity contribution in [3.05, 3.63) is 58.9 Å². The van der Waals surface area contributed by atoms with Crippen molar-refractivity contribution in [2.45, 2.75) is 39.2 Å². The fourth-order valence-electron chi connectivity index (χ4n) is 4.67. The first-order valence-corrected chi connectivity index (χ1v) is 11.4. The van der Waals surface area contributed by atoms with Crippen LogP contribution in [0.4, 0.5) is 8.63 Å². The van der Waals surface area contributed by atoms with Gasteiger partial charge in [0.25, 0.3) is 0 Å². The molecule has 8 nitrogen and oxygen atoms in total. The van der Waals surface area contributed by atoms with Crippen LogP contribution in [-0.2, 0) is 14.4 Å². The van der Waals surface area contributed by atoms with Gasteiger partial charge in [-0.2, -0.15) is 0 Å². The second-order valence-electron chi connectivity index (χ2n) is 8.64. The molecule has 2 amide bonds. The summed E-state index contributed by atoms with van der Waals surface area (Å²) in [6, 6.07) is 9.51. The molecule has 11 heteroatoms. The average Bonchev–Trinajstić information content (AvgIpc) is 3.50. The SMILES string of the molecule is COc1ccc(-c2ccc(/C=C3/C(C)=C(CC(C(=O)O)N4C(=O)CCC4=O)C(C)=[N+]3B(F)F)[nH]2)cc1. The van der Waals surface area contributed by atoms with Gasteiger partial charge < -0.3 is 14.8 Å². The van der Waals surface area contributed by atoms with E-state index < -0.39 is 31.2 Å². The lowest BCUT2D eigenvalue weighted by Gasteiger charge is -2.22. The first-order chi connectivity index (χ1) is 17.1. The predicted octanol–water partition coefficient (Wildman–Crippen LogP) is 3.75. The Kier molecular flexibility index (Phi) is 6.92. The van der Waals surface area contributed by atoms with Crippen LogP contribution in [0.15, 0.2) is 53.2 Å². The summed E-state index contributed by atoms with van der Waals surface area (Å²) < 4.78 is 34.3. The number of imide groups is 1. The lowest BCUT2D eigenvalue weighted by molar-refractivity contribution is -0.342. The second kappa shape index (κ2) is 9.92. The summed E-state index contributed by atoms with van der Waals surface area (Å²) in [6.45, 7) is 3.11. The smallest absolute Gasteiger partial charge is 0.497 e. The number of carboxylic acid groups (broad SMARTS) is 1. The lowest BCUT2D eigenvalue weighted by Crippen LogP contribution is -2.45. The molecule has 1 atom stereocenters. The Balaban J connectivity index is 1.69. The molecule has 0 spiro atoms. The Morgan fingerprint density at radius 1 is 1.17 bits per heavy atom. The monoisotopic (exact) mass is 496 g/mol. The maximum atomic E-state index is 14.1. The zero-order chi connectivity index (χ0) is 26.1. The van der Waals surface area contributed by atoms with Crippen LogP contribution in [0.2, 0.25) is 0 Å². The average molecular weight is 496 g/mol. The fraction of sp³-hybridized carbons (Fsp3) is 0.280. The summed E-state index contributed by atoms with van der Waals surface area (Å²) in [4.78, 5) is 40.3. The highest BCUT2D eigenvalue weighted by molar-refractivity contribution is 6.35. The molecule has 2 N–H and O–H groups in total. The highest BCUT2D eigenvalue weighted by Gasteiger charge is 2.47. The minimum Gasteiger partial charge on any atom is -0.497 e. The van der Waals surface area contributed by atoms with E-state index >= 15 is 0 Å². The molecule has 0 saturated carbocycles. The lowest BCUT2D eigenvalue weighted by atomic mass is 9.97. The summed E-state index contributed by atoms with van der Waals surface area (Å²) >= 11 is 0. The number of hydrogen-bond acceptors (Lipinski definition) is 4. The van der Waals surface area contributed by atoms with Crippen LogP contribution in [0.5, 0.6) is 5.75 Å². The molecule has 2 aromatic rings. The maximum Gasteiger partial charge on any atom is 0.934 e. The van der Waals surface area contributed by atoms with E-state index in [1.165, 1.54) is 6.92 Å². The third kappa shape index (κ3) is 4.60. The van der Waals surface area contributed by atoms with Crippen LogP contribution >= 0.6 is 0 Å². The van der Waals surface area contributed by atoms with Gasteiger partial charge in [-0.1, -0.05) is 0 Å². The summed E-state index contributed by atoms with van der Waals surface area (Å²) in [5, 5.41) is 9.76. The van der Waals surface area contributed by atoms with Gasteiger partial charge in [-0.3, -0.25) is 14.5 Å². The van der Waals surface area contributed by atoms with E-state index in [0.717, 1.165) is 20.6 Å². The highest BCUT2D eigenvalue weighted by atomic mass is 19.2. The van der Waals surface area contributed by atoms with Gasteiger partial charge in [0.1, 0.15) is 11.8 Å². The van der Waals surface area contributed by atoms with E-state index in [-0.39, 0.29) is 30.7 Å². The van der Waals surface area contributed by atoms with Crippen molar-refractivity contribution in [1.29, 1.82) is 0 Å². The van der Waals surface area contributed by atoms with E-state index in [0.29, 0.717) is 22.6 Å². The van der Waals surface area contributed by atoms with E-state index in [2.05, 4.69) is 4.98 Å². The van der Waals surface area contributed by atoms with Crippen molar-refractivity contribution in [2.24, 2.45) is 0 Å². The number of aromatic amines is 1. The first kappa shape index (κ1) is 25.1. The number of nitrogens with one attached hydrogen (secondary N) is 1. The Morgan fingerprint density at radius 3 is 2.36 bits per heavy atom. The molecule has 1 aromatic carbocycles. The predicted molar refractivity (Wildman–Crippen MR) is 129 cm³/mol. The number of H-pyrrole nitrogens is 1. The molecule has 186 valence electrons. The molecule has 36 heavy (non-hydrogen) atoms. The number of amides is 2. The van der Waals surface area contributed by atoms with Gasteiger partial charge in [0, 0.05) is 54.8 Å². The number of aliphatic carboxylic acids is 1. The number of carboxylic acids is 1. The first-order valence-electron chi connectivity index (χ1n) is 11.4. The van der Waals surface area contributed by atoms with E-state index in [1.54, 1.807) is 26.2 Å². The van der Waals surface area contributed by atoms with Crippen molar-refractivity contribution in [3.8, 4) is 17.0 Å². The number of methoxy groups -OCH3 is 1. The van der Waals surface area contributed by atoms with Crippen LogP contribution in [0.3, 0.4) is 0 Å².